The molecule has 0 bridgehead atoms. The molecule has 1 fully saturated rings. The van der Waals surface area contributed by atoms with Crippen molar-refractivity contribution in [3.63, 3.8) is 0 Å². The molecular weight excluding hydrogens is 202 g/mol. The maximum Gasteiger partial charge on any atom is 0.222 e. The van der Waals surface area contributed by atoms with Gasteiger partial charge in [-0.05, 0) is 38.7 Å². The molecule has 1 aromatic heterocycles. The molecule has 1 heterocycles. The van der Waals surface area contributed by atoms with Gasteiger partial charge in [0.05, 0.1) is 5.60 Å². The summed E-state index contributed by atoms with van der Waals surface area (Å²) in [6, 6.07) is 0. The molecule has 0 aromatic carbocycles. The molecule has 1 aliphatic carbocycles. The average molecular weight is 221 g/mol. The van der Waals surface area contributed by atoms with Crippen LogP contribution in [0.5, 0.6) is 0 Å². The maximum absolute atomic E-state index is 5.53. The predicted octanol–water partition coefficient (Wildman–Crippen LogP) is 2.07. The highest BCUT2D eigenvalue weighted by Gasteiger charge is 2.36. The van der Waals surface area contributed by atoms with Crippen LogP contribution in [-0.4, -0.2) is 29.2 Å². The molecule has 0 aliphatic heterocycles. The van der Waals surface area contributed by atoms with E-state index in [1.165, 1.54) is 6.42 Å². The Morgan fingerprint density at radius 3 is 2.69 bits per heavy atom. The van der Waals surface area contributed by atoms with Gasteiger partial charge in [0.1, 0.15) is 0 Å². The summed E-state index contributed by atoms with van der Waals surface area (Å²) in [5.41, 5.74) is 2.16. The number of nitrogens with zero attached hydrogens (tertiary/aromatic N) is 2. The third-order valence-electron chi connectivity index (χ3n) is 3.49. The van der Waals surface area contributed by atoms with Crippen molar-refractivity contribution >= 4 is 5.95 Å². The summed E-state index contributed by atoms with van der Waals surface area (Å²) < 4.78 is 5.53. The van der Waals surface area contributed by atoms with Crippen molar-refractivity contribution in [1.29, 1.82) is 0 Å². The second kappa shape index (κ2) is 4.37. The van der Waals surface area contributed by atoms with Gasteiger partial charge in [0.25, 0.3) is 0 Å². The molecular formula is C12H19N3O. The molecule has 0 amide bonds. The third kappa shape index (κ3) is 2.16. The van der Waals surface area contributed by atoms with E-state index in [1.807, 2.05) is 20.0 Å². The van der Waals surface area contributed by atoms with Crippen LogP contribution < -0.4 is 5.32 Å². The second-order valence-corrected chi connectivity index (χ2v) is 4.56. The molecule has 0 saturated heterocycles. The van der Waals surface area contributed by atoms with Crippen molar-refractivity contribution in [3.8, 4) is 0 Å². The molecule has 16 heavy (non-hydrogen) atoms. The fourth-order valence-corrected chi connectivity index (χ4v) is 1.88. The Hall–Kier alpha value is -1.16. The van der Waals surface area contributed by atoms with Crippen molar-refractivity contribution < 1.29 is 4.74 Å². The number of ether oxygens (including phenoxy) is 1. The minimum absolute atomic E-state index is 0.0160. The van der Waals surface area contributed by atoms with Gasteiger partial charge in [-0.2, -0.15) is 0 Å². The first-order valence-corrected chi connectivity index (χ1v) is 5.74. The first kappa shape index (κ1) is 11.3. The minimum Gasteiger partial charge on any atom is -0.376 e. The highest BCUT2D eigenvalue weighted by atomic mass is 16.5. The Morgan fingerprint density at radius 2 is 2.19 bits per heavy atom. The third-order valence-corrected chi connectivity index (χ3v) is 3.49. The number of aromatic nitrogens is 2. The number of hydrogen-bond acceptors (Lipinski definition) is 4. The molecule has 4 heteroatoms. The molecule has 0 unspecified atom stereocenters. The highest BCUT2D eigenvalue weighted by molar-refractivity contribution is 5.29. The molecule has 4 nitrogen and oxygen atoms in total. The molecule has 1 N–H and O–H groups in total. The van der Waals surface area contributed by atoms with E-state index in [9.17, 15) is 0 Å². The van der Waals surface area contributed by atoms with Crippen LogP contribution in [0.15, 0.2) is 6.20 Å². The SMILES string of the molecule is COC1(CNc2ncc(C)c(C)n2)CCC1. The lowest BCUT2D eigenvalue weighted by atomic mass is 9.80. The molecule has 0 spiro atoms. The van der Waals surface area contributed by atoms with Crippen molar-refractivity contribution in [2.24, 2.45) is 0 Å². The van der Waals surface area contributed by atoms with E-state index in [4.69, 9.17) is 4.74 Å². The number of methoxy groups -OCH3 is 1. The number of rotatable bonds is 4. The smallest absolute Gasteiger partial charge is 0.222 e. The maximum atomic E-state index is 5.53. The van der Waals surface area contributed by atoms with E-state index < -0.39 is 0 Å². The average Bonchev–Trinajstić information content (AvgIpc) is 2.22. The number of aryl methyl sites for hydroxylation is 2. The normalized spacial score (nSPS) is 17.9. The van der Waals surface area contributed by atoms with E-state index in [0.29, 0.717) is 5.95 Å². The van der Waals surface area contributed by atoms with Crippen molar-refractivity contribution in [2.45, 2.75) is 38.7 Å². The van der Waals surface area contributed by atoms with Crippen molar-refractivity contribution in [2.75, 3.05) is 19.0 Å². The van der Waals surface area contributed by atoms with Gasteiger partial charge in [0.2, 0.25) is 5.95 Å². The van der Waals surface area contributed by atoms with Gasteiger partial charge < -0.3 is 10.1 Å². The van der Waals surface area contributed by atoms with Crippen LogP contribution in [0.4, 0.5) is 5.95 Å². The van der Waals surface area contributed by atoms with Gasteiger partial charge in [-0.3, -0.25) is 0 Å². The lowest BCUT2D eigenvalue weighted by Gasteiger charge is -2.40. The quantitative estimate of drug-likeness (QED) is 0.845. The summed E-state index contributed by atoms with van der Waals surface area (Å²) in [4.78, 5) is 8.65. The summed E-state index contributed by atoms with van der Waals surface area (Å²) in [6.45, 7) is 4.81. The first-order chi connectivity index (χ1) is 7.65. The van der Waals surface area contributed by atoms with Crippen LogP contribution in [0, 0.1) is 13.8 Å². The Kier molecular flexibility index (Phi) is 3.10. The fraction of sp³-hybridized carbons (Fsp3) is 0.667. The number of nitrogens with one attached hydrogen (secondary N) is 1. The van der Waals surface area contributed by atoms with Crippen LogP contribution in [0.3, 0.4) is 0 Å². The Morgan fingerprint density at radius 1 is 1.44 bits per heavy atom. The number of hydrogen-bond donors (Lipinski definition) is 1. The standard InChI is InChI=1S/C12H19N3O/c1-9-7-13-11(15-10(9)2)14-8-12(16-3)5-4-6-12/h7H,4-6,8H2,1-3H3,(H,13,14,15). The van der Waals surface area contributed by atoms with Gasteiger partial charge >= 0.3 is 0 Å². The van der Waals surface area contributed by atoms with Gasteiger partial charge in [-0.25, -0.2) is 9.97 Å². The van der Waals surface area contributed by atoms with E-state index in [-0.39, 0.29) is 5.60 Å². The number of anilines is 1. The zero-order chi connectivity index (χ0) is 11.6. The van der Waals surface area contributed by atoms with Gasteiger partial charge in [0, 0.05) is 25.5 Å². The van der Waals surface area contributed by atoms with E-state index in [0.717, 1.165) is 30.6 Å². The van der Waals surface area contributed by atoms with Crippen LogP contribution in [0.1, 0.15) is 30.5 Å². The zero-order valence-electron chi connectivity index (χ0n) is 10.2. The van der Waals surface area contributed by atoms with Crippen molar-refractivity contribution in [1.82, 2.24) is 9.97 Å². The predicted molar refractivity (Wildman–Crippen MR) is 63.6 cm³/mol. The summed E-state index contributed by atoms with van der Waals surface area (Å²) in [5.74, 6) is 0.700. The molecule has 1 saturated carbocycles. The second-order valence-electron chi connectivity index (χ2n) is 4.56. The van der Waals surface area contributed by atoms with Crippen LogP contribution in [-0.2, 0) is 4.74 Å². The molecule has 2 rings (SSSR count). The summed E-state index contributed by atoms with van der Waals surface area (Å²) >= 11 is 0. The van der Waals surface area contributed by atoms with E-state index in [2.05, 4.69) is 15.3 Å². The summed E-state index contributed by atoms with van der Waals surface area (Å²) in [7, 11) is 1.78. The Bertz CT molecular complexity index is 369. The monoisotopic (exact) mass is 221 g/mol. The molecule has 1 aliphatic rings. The topological polar surface area (TPSA) is 47.0 Å². The largest absolute Gasteiger partial charge is 0.376 e. The molecule has 0 atom stereocenters. The molecule has 0 radical (unpaired) electrons. The Labute approximate surface area is 96.4 Å². The summed E-state index contributed by atoms with van der Waals surface area (Å²) in [6.07, 6.45) is 5.36. The van der Waals surface area contributed by atoms with Gasteiger partial charge in [-0.1, -0.05) is 0 Å². The minimum atomic E-state index is 0.0160. The van der Waals surface area contributed by atoms with Crippen LogP contribution >= 0.6 is 0 Å². The zero-order valence-corrected chi connectivity index (χ0v) is 10.2. The van der Waals surface area contributed by atoms with Crippen LogP contribution in [0.2, 0.25) is 0 Å². The molecule has 1 aromatic rings. The van der Waals surface area contributed by atoms with Crippen molar-refractivity contribution in [3.05, 3.63) is 17.5 Å². The fourth-order valence-electron chi connectivity index (χ4n) is 1.88. The van der Waals surface area contributed by atoms with E-state index in [1.54, 1.807) is 7.11 Å². The van der Waals surface area contributed by atoms with Crippen LogP contribution in [0.25, 0.3) is 0 Å². The molecule has 88 valence electrons. The highest BCUT2D eigenvalue weighted by Crippen LogP contribution is 2.34. The van der Waals surface area contributed by atoms with Gasteiger partial charge in [-0.15, -0.1) is 0 Å². The Balaban J connectivity index is 1.96. The summed E-state index contributed by atoms with van der Waals surface area (Å²) in [5, 5.41) is 3.26. The lowest BCUT2D eigenvalue weighted by molar-refractivity contribution is -0.0602. The first-order valence-electron chi connectivity index (χ1n) is 5.74. The van der Waals surface area contributed by atoms with Gasteiger partial charge in [0.15, 0.2) is 0 Å². The van der Waals surface area contributed by atoms with E-state index >= 15 is 0 Å². The lowest BCUT2D eigenvalue weighted by Crippen LogP contribution is -2.45.